The Morgan fingerprint density at radius 1 is 1.16 bits per heavy atom. The van der Waals surface area contributed by atoms with Crippen LogP contribution in [0.5, 0.6) is 0 Å². The minimum atomic E-state index is -0.636. The molecule has 164 valence electrons. The third kappa shape index (κ3) is 4.99. The highest BCUT2D eigenvalue weighted by Gasteiger charge is 2.25. The first-order valence-electron chi connectivity index (χ1n) is 9.73. The molecule has 2 aromatic heterocycles. The molecule has 2 heterocycles. The van der Waals surface area contributed by atoms with Gasteiger partial charge in [0, 0.05) is 23.0 Å². The van der Waals surface area contributed by atoms with Gasteiger partial charge in [0.05, 0.1) is 28.8 Å². The first kappa shape index (κ1) is 23.0. The average Bonchev–Trinajstić information content (AvgIpc) is 3.07. The summed E-state index contributed by atoms with van der Waals surface area (Å²) in [5, 5.41) is 0.670. The van der Waals surface area contributed by atoms with Crippen LogP contribution in [0, 0.1) is 6.92 Å². The van der Waals surface area contributed by atoms with Crippen LogP contribution in [-0.2, 0) is 20.7 Å². The maximum Gasteiger partial charge on any atom is 0.358 e. The lowest BCUT2D eigenvalue weighted by molar-refractivity contribution is -0.153. The standard InChI is InChI=1S/C22H23Cl2N3O4/c1-6-30-20(29)16-11-27-19(13-8-7-9-15(23)18(13)24)14(12(2)25-21(27)26-16)10-17(28)31-22(3,4)5/h7-9,11H,6,10H2,1-5H3. The number of aryl methyl sites for hydroxylation is 1. The Hall–Kier alpha value is -2.64. The second-order valence-corrected chi connectivity index (χ2v) is 8.69. The molecule has 0 spiro atoms. The molecule has 1 aromatic carbocycles. The van der Waals surface area contributed by atoms with Crippen LogP contribution in [-0.4, -0.2) is 38.5 Å². The summed E-state index contributed by atoms with van der Waals surface area (Å²) in [5.41, 5.74) is 1.76. The van der Waals surface area contributed by atoms with Crippen molar-refractivity contribution >= 4 is 40.9 Å². The van der Waals surface area contributed by atoms with Crippen molar-refractivity contribution in [3.8, 4) is 11.3 Å². The van der Waals surface area contributed by atoms with Gasteiger partial charge in [0.1, 0.15) is 5.60 Å². The van der Waals surface area contributed by atoms with E-state index in [1.54, 1.807) is 57.2 Å². The molecule has 3 aromatic rings. The summed E-state index contributed by atoms with van der Waals surface area (Å²) in [6.07, 6.45) is 1.47. The van der Waals surface area contributed by atoms with Gasteiger partial charge < -0.3 is 9.47 Å². The van der Waals surface area contributed by atoms with Crippen molar-refractivity contribution in [3.05, 3.63) is 51.4 Å². The van der Waals surface area contributed by atoms with E-state index in [0.29, 0.717) is 32.6 Å². The number of rotatable bonds is 5. The lowest BCUT2D eigenvalue weighted by atomic mass is 10.0. The van der Waals surface area contributed by atoms with E-state index in [9.17, 15) is 9.59 Å². The third-order valence-electron chi connectivity index (χ3n) is 4.35. The van der Waals surface area contributed by atoms with Crippen molar-refractivity contribution < 1.29 is 19.1 Å². The van der Waals surface area contributed by atoms with E-state index in [0.717, 1.165) is 0 Å². The normalized spacial score (nSPS) is 11.6. The fourth-order valence-corrected chi connectivity index (χ4v) is 3.55. The number of nitrogens with zero attached hydrogens (tertiary/aromatic N) is 3. The number of hydrogen-bond acceptors (Lipinski definition) is 6. The minimum absolute atomic E-state index is 0.0445. The molecule has 0 fully saturated rings. The number of ether oxygens (including phenoxy) is 2. The monoisotopic (exact) mass is 463 g/mol. The summed E-state index contributed by atoms with van der Waals surface area (Å²) in [6, 6.07) is 5.21. The number of carbonyl (C=O) groups is 2. The fraction of sp³-hybridized carbons (Fsp3) is 0.364. The van der Waals surface area contributed by atoms with Crippen LogP contribution >= 0.6 is 23.2 Å². The second kappa shape index (κ2) is 8.85. The third-order valence-corrected chi connectivity index (χ3v) is 5.17. The van der Waals surface area contributed by atoms with Gasteiger partial charge in [-0.3, -0.25) is 9.20 Å². The van der Waals surface area contributed by atoms with Gasteiger partial charge in [-0.25, -0.2) is 14.8 Å². The first-order chi connectivity index (χ1) is 14.5. The molecule has 0 saturated heterocycles. The van der Waals surface area contributed by atoms with Gasteiger partial charge in [0.2, 0.25) is 5.78 Å². The molecule has 0 N–H and O–H groups in total. The van der Waals surface area contributed by atoms with E-state index in [4.69, 9.17) is 32.7 Å². The van der Waals surface area contributed by atoms with E-state index in [1.165, 1.54) is 6.20 Å². The zero-order valence-electron chi connectivity index (χ0n) is 18.0. The highest BCUT2D eigenvalue weighted by Crippen LogP contribution is 2.36. The fourth-order valence-electron chi connectivity index (χ4n) is 3.16. The van der Waals surface area contributed by atoms with Gasteiger partial charge in [0.25, 0.3) is 0 Å². The van der Waals surface area contributed by atoms with E-state index in [2.05, 4.69) is 9.97 Å². The molecule has 0 amide bonds. The average molecular weight is 464 g/mol. The molecular formula is C22H23Cl2N3O4. The number of aromatic nitrogens is 3. The van der Waals surface area contributed by atoms with Crippen molar-refractivity contribution in [1.29, 1.82) is 0 Å². The van der Waals surface area contributed by atoms with Crippen molar-refractivity contribution in [2.24, 2.45) is 0 Å². The summed E-state index contributed by atoms with van der Waals surface area (Å²) in [6.45, 7) is 9.10. The molecule has 0 aliphatic heterocycles. The predicted octanol–water partition coefficient (Wildman–Crippen LogP) is 5.07. The van der Waals surface area contributed by atoms with Gasteiger partial charge >= 0.3 is 11.9 Å². The van der Waals surface area contributed by atoms with Crippen molar-refractivity contribution in [2.75, 3.05) is 6.61 Å². The molecule has 0 saturated carbocycles. The summed E-state index contributed by atoms with van der Waals surface area (Å²) in [4.78, 5) is 33.7. The molecule has 0 bridgehead atoms. The Labute approximate surface area is 190 Å². The smallest absolute Gasteiger partial charge is 0.358 e. The van der Waals surface area contributed by atoms with Crippen LogP contribution in [0.3, 0.4) is 0 Å². The molecule has 3 rings (SSSR count). The van der Waals surface area contributed by atoms with E-state index < -0.39 is 17.5 Å². The summed E-state index contributed by atoms with van der Waals surface area (Å²) in [7, 11) is 0. The highest BCUT2D eigenvalue weighted by atomic mass is 35.5. The number of imidazole rings is 1. The SMILES string of the molecule is CCOC(=O)c1cn2c(-c3cccc(Cl)c3Cl)c(CC(=O)OC(C)(C)C)c(C)nc2n1. The van der Waals surface area contributed by atoms with Crippen molar-refractivity contribution in [1.82, 2.24) is 14.4 Å². The lowest BCUT2D eigenvalue weighted by Gasteiger charge is -2.21. The van der Waals surface area contributed by atoms with E-state index >= 15 is 0 Å². The highest BCUT2D eigenvalue weighted by molar-refractivity contribution is 6.43. The van der Waals surface area contributed by atoms with Crippen LogP contribution < -0.4 is 0 Å². The molecule has 0 radical (unpaired) electrons. The quantitative estimate of drug-likeness (QED) is 0.491. The van der Waals surface area contributed by atoms with Crippen molar-refractivity contribution in [2.45, 2.75) is 46.6 Å². The van der Waals surface area contributed by atoms with Crippen LogP contribution in [0.2, 0.25) is 10.0 Å². The van der Waals surface area contributed by atoms with Gasteiger partial charge in [-0.2, -0.15) is 0 Å². The molecular weight excluding hydrogens is 441 g/mol. The summed E-state index contributed by atoms with van der Waals surface area (Å²) >= 11 is 12.8. The number of carbonyl (C=O) groups excluding carboxylic acids is 2. The topological polar surface area (TPSA) is 82.8 Å². The molecule has 0 unspecified atom stereocenters. The number of halogens is 2. The first-order valence-corrected chi connectivity index (χ1v) is 10.5. The number of hydrogen-bond donors (Lipinski definition) is 0. The molecule has 9 heteroatoms. The zero-order valence-corrected chi connectivity index (χ0v) is 19.5. The number of esters is 2. The Kier molecular flexibility index (Phi) is 6.57. The number of fused-ring (bicyclic) bond motifs is 1. The van der Waals surface area contributed by atoms with Crippen LogP contribution in [0.25, 0.3) is 17.0 Å². The molecule has 7 nitrogen and oxygen atoms in total. The van der Waals surface area contributed by atoms with E-state index in [-0.39, 0.29) is 24.5 Å². The molecule has 0 atom stereocenters. The van der Waals surface area contributed by atoms with Crippen LogP contribution in [0.1, 0.15) is 49.4 Å². The minimum Gasteiger partial charge on any atom is -0.461 e. The summed E-state index contributed by atoms with van der Waals surface area (Å²) in [5.74, 6) is -0.705. The molecule has 0 aliphatic carbocycles. The number of benzene rings is 1. The zero-order chi connectivity index (χ0) is 22.9. The Balaban J connectivity index is 2.26. The van der Waals surface area contributed by atoms with Crippen LogP contribution in [0.15, 0.2) is 24.4 Å². The van der Waals surface area contributed by atoms with E-state index in [1.807, 2.05) is 0 Å². The Bertz CT molecular complexity index is 1170. The van der Waals surface area contributed by atoms with Crippen molar-refractivity contribution in [3.63, 3.8) is 0 Å². The predicted molar refractivity (Wildman–Crippen MR) is 119 cm³/mol. The molecule has 0 aliphatic rings. The largest absolute Gasteiger partial charge is 0.461 e. The van der Waals surface area contributed by atoms with Gasteiger partial charge in [-0.15, -0.1) is 0 Å². The van der Waals surface area contributed by atoms with Gasteiger partial charge in [0.15, 0.2) is 5.69 Å². The maximum atomic E-state index is 12.6. The maximum absolute atomic E-state index is 12.6. The Morgan fingerprint density at radius 2 is 1.87 bits per heavy atom. The lowest BCUT2D eigenvalue weighted by Crippen LogP contribution is -2.25. The van der Waals surface area contributed by atoms with Crippen LogP contribution in [0.4, 0.5) is 0 Å². The second-order valence-electron chi connectivity index (χ2n) is 7.91. The molecule has 31 heavy (non-hydrogen) atoms. The van der Waals surface area contributed by atoms with Gasteiger partial charge in [-0.1, -0.05) is 35.3 Å². The summed E-state index contributed by atoms with van der Waals surface area (Å²) < 4.78 is 12.2. The van der Waals surface area contributed by atoms with Gasteiger partial charge in [-0.05, 0) is 40.7 Å². The Morgan fingerprint density at radius 3 is 2.52 bits per heavy atom.